The number of aromatic nitrogens is 2. The van der Waals surface area contributed by atoms with E-state index in [1.54, 1.807) is 10.9 Å². The molecule has 1 saturated carbocycles. The van der Waals surface area contributed by atoms with Crippen molar-refractivity contribution in [2.45, 2.75) is 56.8 Å². The highest BCUT2D eigenvalue weighted by atomic mass is 16.3. The maximum absolute atomic E-state index is 12.2. The van der Waals surface area contributed by atoms with E-state index in [-0.39, 0.29) is 23.9 Å². The van der Waals surface area contributed by atoms with Gasteiger partial charge in [-0.15, -0.1) is 0 Å². The summed E-state index contributed by atoms with van der Waals surface area (Å²) in [6.45, 7) is 2.40. The zero-order chi connectivity index (χ0) is 17.6. The van der Waals surface area contributed by atoms with Crippen molar-refractivity contribution >= 4 is 11.8 Å². The van der Waals surface area contributed by atoms with Gasteiger partial charge in [-0.25, -0.2) is 0 Å². The van der Waals surface area contributed by atoms with Crippen LogP contribution in [0.25, 0.3) is 0 Å². The number of aliphatic hydroxyl groups excluding tert-OH is 1. The number of nitrogens with one attached hydrogen (secondary N) is 2. The fourth-order valence-corrected chi connectivity index (χ4v) is 3.77. The van der Waals surface area contributed by atoms with E-state index in [1.165, 1.54) is 0 Å². The van der Waals surface area contributed by atoms with Crippen molar-refractivity contribution in [3.63, 3.8) is 0 Å². The average molecular weight is 349 g/mol. The van der Waals surface area contributed by atoms with Gasteiger partial charge >= 0.3 is 0 Å². The third-order valence-corrected chi connectivity index (χ3v) is 5.06. The Labute approximate surface area is 147 Å². The fourth-order valence-electron chi connectivity index (χ4n) is 3.77. The van der Waals surface area contributed by atoms with Crippen LogP contribution in [0, 0.1) is 0 Å². The predicted molar refractivity (Wildman–Crippen MR) is 91.6 cm³/mol. The first-order chi connectivity index (χ1) is 12.1. The second kappa shape index (κ2) is 8.44. The Balaban J connectivity index is 1.46. The zero-order valence-corrected chi connectivity index (χ0v) is 14.4. The topological polar surface area (TPSA) is 99.5 Å². The minimum absolute atomic E-state index is 0.00299. The Morgan fingerprint density at radius 1 is 1.44 bits per heavy atom. The summed E-state index contributed by atoms with van der Waals surface area (Å²) in [5, 5.41) is 20.6. The second-order valence-electron chi connectivity index (χ2n) is 6.86. The molecule has 3 rings (SSSR count). The van der Waals surface area contributed by atoms with Crippen LogP contribution >= 0.6 is 0 Å². The molecule has 8 heteroatoms. The smallest absolute Gasteiger partial charge is 0.234 e. The highest BCUT2D eigenvalue weighted by Gasteiger charge is 2.37. The van der Waals surface area contributed by atoms with Gasteiger partial charge in [-0.2, -0.15) is 5.10 Å². The molecule has 25 heavy (non-hydrogen) atoms. The van der Waals surface area contributed by atoms with Gasteiger partial charge in [0.05, 0.1) is 18.7 Å². The van der Waals surface area contributed by atoms with Crippen LogP contribution in [0.2, 0.25) is 0 Å². The van der Waals surface area contributed by atoms with Gasteiger partial charge in [0, 0.05) is 44.5 Å². The van der Waals surface area contributed by atoms with Crippen molar-refractivity contribution in [2.75, 3.05) is 19.6 Å². The van der Waals surface area contributed by atoms with Crippen LogP contribution < -0.4 is 10.6 Å². The number of carbonyl (C=O) groups excluding carboxylic acids is 2. The van der Waals surface area contributed by atoms with Crippen molar-refractivity contribution in [1.82, 2.24) is 25.3 Å². The summed E-state index contributed by atoms with van der Waals surface area (Å²) in [5.74, 6) is -0.0310. The summed E-state index contributed by atoms with van der Waals surface area (Å²) >= 11 is 0. The fraction of sp³-hybridized carbons (Fsp3) is 0.706. The van der Waals surface area contributed by atoms with E-state index in [4.69, 9.17) is 0 Å². The summed E-state index contributed by atoms with van der Waals surface area (Å²) < 4.78 is 1.81. The quantitative estimate of drug-likeness (QED) is 0.643. The average Bonchev–Trinajstić information content (AvgIpc) is 3.10. The Hall–Kier alpha value is -1.93. The number of aryl methyl sites for hydroxylation is 1. The molecule has 0 bridgehead atoms. The van der Waals surface area contributed by atoms with Crippen LogP contribution in [-0.2, 0) is 16.1 Å². The molecule has 3 atom stereocenters. The van der Waals surface area contributed by atoms with E-state index >= 15 is 0 Å². The molecule has 0 spiro atoms. The molecule has 2 fully saturated rings. The van der Waals surface area contributed by atoms with Gasteiger partial charge in [-0.05, 0) is 31.7 Å². The lowest BCUT2D eigenvalue weighted by atomic mass is 9.86. The summed E-state index contributed by atoms with van der Waals surface area (Å²) in [6.07, 6.45) is 6.68. The molecule has 0 unspecified atom stereocenters. The minimum Gasteiger partial charge on any atom is -0.389 e. The molecule has 2 amide bonds. The molecule has 2 aliphatic rings. The van der Waals surface area contributed by atoms with E-state index in [0.717, 1.165) is 25.8 Å². The summed E-state index contributed by atoms with van der Waals surface area (Å²) in [6, 6.07) is 1.56. The van der Waals surface area contributed by atoms with Crippen molar-refractivity contribution in [2.24, 2.45) is 0 Å². The lowest BCUT2D eigenvalue weighted by Gasteiger charge is -2.42. The lowest BCUT2D eigenvalue weighted by molar-refractivity contribution is -0.128. The maximum Gasteiger partial charge on any atom is 0.234 e. The molecule has 8 nitrogen and oxygen atoms in total. The maximum atomic E-state index is 12.2. The SMILES string of the molecule is O=C1CN([C@@H]2CCC[C@@H](NC(=O)CCCn3cccn3)[C@H]2O)CCN1. The number of rotatable bonds is 6. The first-order valence-electron chi connectivity index (χ1n) is 9.09. The number of nitrogens with zero attached hydrogens (tertiary/aromatic N) is 3. The van der Waals surface area contributed by atoms with Gasteiger partial charge in [0.25, 0.3) is 0 Å². The minimum atomic E-state index is -0.630. The predicted octanol–water partition coefficient (Wildman–Crippen LogP) is -0.507. The summed E-state index contributed by atoms with van der Waals surface area (Å²) in [7, 11) is 0. The van der Waals surface area contributed by atoms with E-state index in [1.807, 2.05) is 17.2 Å². The molecule has 138 valence electrons. The molecule has 0 aromatic carbocycles. The van der Waals surface area contributed by atoms with Crippen LogP contribution in [0.4, 0.5) is 0 Å². The van der Waals surface area contributed by atoms with Crippen LogP contribution in [0.5, 0.6) is 0 Å². The summed E-state index contributed by atoms with van der Waals surface area (Å²) in [5.41, 5.74) is 0. The lowest BCUT2D eigenvalue weighted by Crippen LogP contribution is -2.60. The van der Waals surface area contributed by atoms with Crippen LogP contribution in [0.1, 0.15) is 32.1 Å². The molecule has 0 radical (unpaired) electrons. The zero-order valence-electron chi connectivity index (χ0n) is 14.4. The van der Waals surface area contributed by atoms with E-state index < -0.39 is 6.10 Å². The number of carbonyl (C=O) groups is 2. The molecular formula is C17H27N5O3. The molecule has 1 saturated heterocycles. The van der Waals surface area contributed by atoms with Crippen LogP contribution in [0.15, 0.2) is 18.5 Å². The van der Waals surface area contributed by atoms with Gasteiger partial charge in [-0.3, -0.25) is 19.2 Å². The van der Waals surface area contributed by atoms with Crippen molar-refractivity contribution in [1.29, 1.82) is 0 Å². The van der Waals surface area contributed by atoms with Gasteiger partial charge in [-0.1, -0.05) is 0 Å². The Kier molecular flexibility index (Phi) is 6.04. The first kappa shape index (κ1) is 17.9. The monoisotopic (exact) mass is 349 g/mol. The third kappa shape index (κ3) is 4.79. The molecule has 1 aromatic heterocycles. The van der Waals surface area contributed by atoms with Gasteiger partial charge in [0.15, 0.2) is 0 Å². The molecular weight excluding hydrogens is 322 g/mol. The molecule has 1 aromatic rings. The Morgan fingerprint density at radius 2 is 2.32 bits per heavy atom. The van der Waals surface area contributed by atoms with Crippen LogP contribution in [-0.4, -0.2) is 69.4 Å². The van der Waals surface area contributed by atoms with Crippen LogP contribution in [0.3, 0.4) is 0 Å². The molecule has 3 N–H and O–H groups in total. The van der Waals surface area contributed by atoms with E-state index in [2.05, 4.69) is 15.7 Å². The van der Waals surface area contributed by atoms with Crippen molar-refractivity contribution in [3.05, 3.63) is 18.5 Å². The third-order valence-electron chi connectivity index (χ3n) is 5.06. The van der Waals surface area contributed by atoms with E-state index in [9.17, 15) is 14.7 Å². The largest absolute Gasteiger partial charge is 0.389 e. The number of hydrogen-bond acceptors (Lipinski definition) is 5. The Bertz CT molecular complexity index is 577. The standard InChI is InChI=1S/C17H27N5O3/c23-15(6-2-9-22-10-3-7-19-22)20-13-4-1-5-14(17(13)25)21-11-8-18-16(24)12-21/h3,7,10,13-14,17,25H,1-2,4-6,8-9,11-12H2,(H,18,24)(H,20,23)/t13-,14-,17-/m1/s1. The number of piperazine rings is 1. The van der Waals surface area contributed by atoms with Gasteiger partial charge < -0.3 is 15.7 Å². The second-order valence-corrected chi connectivity index (χ2v) is 6.86. The number of amides is 2. The summed E-state index contributed by atoms with van der Waals surface area (Å²) in [4.78, 5) is 25.8. The van der Waals surface area contributed by atoms with Gasteiger partial charge in [0.2, 0.25) is 11.8 Å². The van der Waals surface area contributed by atoms with Crippen molar-refractivity contribution in [3.8, 4) is 0 Å². The van der Waals surface area contributed by atoms with Crippen molar-refractivity contribution < 1.29 is 14.7 Å². The van der Waals surface area contributed by atoms with E-state index in [0.29, 0.717) is 32.5 Å². The molecule has 2 heterocycles. The number of aliphatic hydroxyl groups is 1. The first-order valence-corrected chi connectivity index (χ1v) is 9.09. The van der Waals surface area contributed by atoms with Gasteiger partial charge in [0.1, 0.15) is 0 Å². The molecule has 1 aliphatic carbocycles. The highest BCUT2D eigenvalue weighted by molar-refractivity contribution is 5.78. The Morgan fingerprint density at radius 3 is 3.08 bits per heavy atom. The highest BCUT2D eigenvalue weighted by Crippen LogP contribution is 2.24. The number of hydrogen-bond donors (Lipinski definition) is 3. The normalized spacial score (nSPS) is 27.7. The molecule has 1 aliphatic heterocycles.